The minimum absolute atomic E-state index is 0.0356. The first-order valence-electron chi connectivity index (χ1n) is 7.63. The Morgan fingerprint density at radius 2 is 1.57 bits per heavy atom. The van der Waals surface area contributed by atoms with Crippen molar-refractivity contribution in [3.8, 4) is 0 Å². The third-order valence-electron chi connectivity index (χ3n) is 4.04. The van der Waals surface area contributed by atoms with E-state index in [9.17, 15) is 8.42 Å². The average molecular weight is 333 g/mol. The molecular weight excluding hydrogens is 310 g/mol. The molecule has 1 unspecified atom stereocenters. The van der Waals surface area contributed by atoms with Gasteiger partial charge in [0.15, 0.2) is 0 Å². The maximum absolute atomic E-state index is 12.3. The molecule has 0 spiro atoms. The summed E-state index contributed by atoms with van der Waals surface area (Å²) in [5.74, 6) is -0.0356. The Labute approximate surface area is 138 Å². The molecule has 0 aliphatic heterocycles. The molecule has 1 N–H and O–H groups in total. The van der Waals surface area contributed by atoms with Crippen LogP contribution in [-0.4, -0.2) is 22.1 Å². The fraction of sp³-hybridized carbons (Fsp3) is 0.333. The first-order valence-corrected chi connectivity index (χ1v) is 9.28. The lowest BCUT2D eigenvalue weighted by Gasteiger charge is -2.32. The standard InChI is InChI=1S/C18H23NO3S/c1-3-18(22-2,17-12-8-5-9-13-17)15-19-23(20,21)14-16-10-6-4-7-11-16/h4-13,19H,3,14-15H2,1-2H3. The third kappa shape index (κ3) is 4.64. The van der Waals surface area contributed by atoms with Crippen LogP contribution in [0.2, 0.25) is 0 Å². The van der Waals surface area contributed by atoms with E-state index in [4.69, 9.17) is 4.74 Å². The zero-order chi connectivity index (χ0) is 16.8. The van der Waals surface area contributed by atoms with Gasteiger partial charge in [-0.1, -0.05) is 67.6 Å². The van der Waals surface area contributed by atoms with E-state index < -0.39 is 15.6 Å². The van der Waals surface area contributed by atoms with Gasteiger partial charge in [0.25, 0.3) is 0 Å². The highest BCUT2D eigenvalue weighted by Gasteiger charge is 2.31. The SMILES string of the molecule is CCC(CNS(=O)(=O)Cc1ccccc1)(OC)c1ccccc1. The summed E-state index contributed by atoms with van der Waals surface area (Å²) in [7, 11) is -1.81. The van der Waals surface area contributed by atoms with Crippen molar-refractivity contribution in [2.45, 2.75) is 24.7 Å². The smallest absolute Gasteiger partial charge is 0.215 e. The fourth-order valence-electron chi connectivity index (χ4n) is 2.58. The molecule has 0 radical (unpaired) electrons. The number of methoxy groups -OCH3 is 1. The Hall–Kier alpha value is -1.69. The van der Waals surface area contributed by atoms with Crippen LogP contribution < -0.4 is 4.72 Å². The lowest BCUT2D eigenvalue weighted by atomic mass is 9.91. The van der Waals surface area contributed by atoms with Crippen molar-refractivity contribution >= 4 is 10.0 Å². The van der Waals surface area contributed by atoms with Crippen LogP contribution in [0.15, 0.2) is 60.7 Å². The molecule has 23 heavy (non-hydrogen) atoms. The summed E-state index contributed by atoms with van der Waals surface area (Å²) in [6.45, 7) is 2.20. The molecule has 1 atom stereocenters. The van der Waals surface area contributed by atoms with Crippen molar-refractivity contribution in [3.63, 3.8) is 0 Å². The molecule has 2 aromatic carbocycles. The molecule has 0 saturated heterocycles. The first kappa shape index (κ1) is 17.7. The molecule has 2 rings (SSSR count). The number of ether oxygens (including phenoxy) is 1. The van der Waals surface area contributed by atoms with Crippen LogP contribution in [0.5, 0.6) is 0 Å². The second kappa shape index (κ2) is 7.73. The predicted octanol–water partition coefficient (Wildman–Crippen LogP) is 3.06. The monoisotopic (exact) mass is 333 g/mol. The largest absolute Gasteiger partial charge is 0.372 e. The lowest BCUT2D eigenvalue weighted by molar-refractivity contribution is -0.0133. The van der Waals surface area contributed by atoms with Gasteiger partial charge in [0.1, 0.15) is 5.60 Å². The summed E-state index contributed by atoms with van der Waals surface area (Å²) in [4.78, 5) is 0. The van der Waals surface area contributed by atoms with Crippen molar-refractivity contribution in [2.75, 3.05) is 13.7 Å². The molecule has 0 aliphatic rings. The number of benzene rings is 2. The maximum atomic E-state index is 12.3. The van der Waals surface area contributed by atoms with Crippen molar-refractivity contribution in [1.29, 1.82) is 0 Å². The second-order valence-corrected chi connectivity index (χ2v) is 7.29. The fourth-order valence-corrected chi connectivity index (χ4v) is 3.77. The van der Waals surface area contributed by atoms with Crippen LogP contribution >= 0.6 is 0 Å². The highest BCUT2D eigenvalue weighted by atomic mass is 32.2. The van der Waals surface area contributed by atoms with E-state index in [0.29, 0.717) is 6.42 Å². The van der Waals surface area contributed by atoms with Crippen LogP contribution in [0.3, 0.4) is 0 Å². The minimum Gasteiger partial charge on any atom is -0.372 e. The Kier molecular flexibility index (Phi) is 5.93. The van der Waals surface area contributed by atoms with E-state index in [-0.39, 0.29) is 12.3 Å². The third-order valence-corrected chi connectivity index (χ3v) is 5.34. The zero-order valence-corrected chi connectivity index (χ0v) is 14.3. The van der Waals surface area contributed by atoms with Gasteiger partial charge in [-0.3, -0.25) is 0 Å². The lowest BCUT2D eigenvalue weighted by Crippen LogP contribution is -2.42. The van der Waals surface area contributed by atoms with E-state index in [2.05, 4.69) is 4.72 Å². The Balaban J connectivity index is 2.12. The molecule has 2 aromatic rings. The van der Waals surface area contributed by atoms with Gasteiger partial charge in [-0.05, 0) is 17.5 Å². The quantitative estimate of drug-likeness (QED) is 0.808. The molecule has 0 amide bonds. The van der Waals surface area contributed by atoms with Crippen LogP contribution in [0.25, 0.3) is 0 Å². The molecule has 0 aliphatic carbocycles. The molecule has 4 nitrogen and oxygen atoms in total. The molecule has 0 fully saturated rings. The van der Waals surface area contributed by atoms with Gasteiger partial charge < -0.3 is 4.74 Å². The minimum atomic E-state index is -3.43. The van der Waals surface area contributed by atoms with E-state index >= 15 is 0 Å². The van der Waals surface area contributed by atoms with Crippen molar-refractivity contribution in [3.05, 3.63) is 71.8 Å². The predicted molar refractivity (Wildman–Crippen MR) is 92.5 cm³/mol. The average Bonchev–Trinajstić information content (AvgIpc) is 2.58. The van der Waals surface area contributed by atoms with Crippen molar-refractivity contribution in [1.82, 2.24) is 4.72 Å². The van der Waals surface area contributed by atoms with Crippen molar-refractivity contribution in [2.24, 2.45) is 0 Å². The molecule has 0 aromatic heterocycles. The highest BCUT2D eigenvalue weighted by Crippen LogP contribution is 2.28. The number of hydrogen-bond donors (Lipinski definition) is 1. The van der Waals surface area contributed by atoms with Crippen LogP contribution in [-0.2, 0) is 26.1 Å². The summed E-state index contributed by atoms with van der Waals surface area (Å²) >= 11 is 0. The van der Waals surface area contributed by atoms with Gasteiger partial charge in [-0.15, -0.1) is 0 Å². The van der Waals surface area contributed by atoms with Gasteiger partial charge in [-0.25, -0.2) is 13.1 Å². The van der Waals surface area contributed by atoms with Crippen LogP contribution in [0.4, 0.5) is 0 Å². The van der Waals surface area contributed by atoms with Crippen LogP contribution in [0, 0.1) is 0 Å². The first-order chi connectivity index (χ1) is 11.0. The van der Waals surface area contributed by atoms with E-state index in [1.807, 2.05) is 55.5 Å². The number of sulfonamides is 1. The van der Waals surface area contributed by atoms with Gasteiger partial charge >= 0.3 is 0 Å². The van der Waals surface area contributed by atoms with E-state index in [1.165, 1.54) is 0 Å². The summed E-state index contributed by atoms with van der Waals surface area (Å²) in [5, 5.41) is 0. The molecule has 5 heteroatoms. The Morgan fingerprint density at radius 3 is 2.09 bits per heavy atom. The normalized spacial score (nSPS) is 14.3. The molecule has 0 bridgehead atoms. The molecule has 0 heterocycles. The Bertz CT molecular complexity index is 696. The summed E-state index contributed by atoms with van der Waals surface area (Å²) < 4.78 is 33.1. The van der Waals surface area contributed by atoms with Crippen molar-refractivity contribution < 1.29 is 13.2 Å². The van der Waals surface area contributed by atoms with Gasteiger partial charge in [-0.2, -0.15) is 0 Å². The number of hydrogen-bond acceptors (Lipinski definition) is 3. The van der Waals surface area contributed by atoms with Gasteiger partial charge in [0, 0.05) is 13.7 Å². The van der Waals surface area contributed by atoms with Gasteiger partial charge in [0.05, 0.1) is 5.75 Å². The molecular formula is C18H23NO3S. The number of nitrogens with one attached hydrogen (secondary N) is 1. The highest BCUT2D eigenvalue weighted by molar-refractivity contribution is 7.88. The summed E-state index contributed by atoms with van der Waals surface area (Å²) in [5.41, 5.74) is 1.07. The topological polar surface area (TPSA) is 55.4 Å². The van der Waals surface area contributed by atoms with E-state index in [1.54, 1.807) is 19.2 Å². The number of rotatable bonds is 8. The Morgan fingerprint density at radius 1 is 1.00 bits per heavy atom. The van der Waals surface area contributed by atoms with Crippen LogP contribution in [0.1, 0.15) is 24.5 Å². The maximum Gasteiger partial charge on any atom is 0.215 e. The van der Waals surface area contributed by atoms with E-state index in [0.717, 1.165) is 11.1 Å². The summed E-state index contributed by atoms with van der Waals surface area (Å²) in [6.07, 6.45) is 0.668. The second-order valence-electron chi connectivity index (χ2n) is 5.48. The zero-order valence-electron chi connectivity index (χ0n) is 13.5. The molecule has 124 valence electrons. The van der Waals surface area contributed by atoms with Gasteiger partial charge in [0.2, 0.25) is 10.0 Å². The summed E-state index contributed by atoms with van der Waals surface area (Å²) in [6, 6.07) is 18.8. The molecule has 0 saturated carbocycles.